The number of hydrogen-bond donors (Lipinski definition) is 1. The third-order valence-corrected chi connectivity index (χ3v) is 6.16. The summed E-state index contributed by atoms with van der Waals surface area (Å²) in [7, 11) is 1.94. The van der Waals surface area contributed by atoms with Gasteiger partial charge in [-0.15, -0.1) is 0 Å². The molecule has 1 fully saturated rings. The van der Waals surface area contributed by atoms with E-state index in [0.717, 1.165) is 54.7 Å². The molecule has 8 heteroatoms. The highest BCUT2D eigenvalue weighted by atomic mass is 16.1. The van der Waals surface area contributed by atoms with Crippen LogP contribution in [0.3, 0.4) is 0 Å². The van der Waals surface area contributed by atoms with Gasteiger partial charge in [0.25, 0.3) is 0 Å². The van der Waals surface area contributed by atoms with Crippen molar-refractivity contribution in [3.05, 3.63) is 47.9 Å². The highest BCUT2D eigenvalue weighted by Crippen LogP contribution is 2.29. The molecule has 0 unspecified atom stereocenters. The molecule has 0 aliphatic heterocycles. The zero-order chi connectivity index (χ0) is 21.1. The zero-order valence-corrected chi connectivity index (χ0v) is 17.9. The van der Waals surface area contributed by atoms with Gasteiger partial charge in [0.2, 0.25) is 5.91 Å². The number of rotatable bonds is 6. The van der Waals surface area contributed by atoms with Crippen LogP contribution in [0.2, 0.25) is 0 Å². The van der Waals surface area contributed by atoms with Crippen molar-refractivity contribution < 1.29 is 4.79 Å². The molecule has 1 aliphatic rings. The second-order valence-corrected chi connectivity index (χ2v) is 8.15. The number of hydrogen-bond acceptors (Lipinski definition) is 5. The number of carbonyl (C=O) groups is 1. The second-order valence-electron chi connectivity index (χ2n) is 8.15. The van der Waals surface area contributed by atoms with E-state index in [-0.39, 0.29) is 11.9 Å². The summed E-state index contributed by atoms with van der Waals surface area (Å²) in [4.78, 5) is 20.9. The first kappa shape index (κ1) is 20.3. The summed E-state index contributed by atoms with van der Waals surface area (Å²) in [6, 6.07) is 0.615. The van der Waals surface area contributed by atoms with Gasteiger partial charge in [-0.3, -0.25) is 24.1 Å². The summed E-state index contributed by atoms with van der Waals surface area (Å²) in [5.41, 5.74) is 5.17. The Labute approximate surface area is 176 Å². The van der Waals surface area contributed by atoms with Crippen LogP contribution < -0.4 is 5.32 Å². The Hall–Kier alpha value is -3.03. The Balaban J connectivity index is 1.26. The maximum absolute atomic E-state index is 12.5. The summed E-state index contributed by atoms with van der Waals surface area (Å²) in [6.07, 6.45) is 14.2. The molecule has 0 saturated heterocycles. The minimum absolute atomic E-state index is 0.130. The van der Waals surface area contributed by atoms with Gasteiger partial charge >= 0.3 is 0 Å². The van der Waals surface area contributed by atoms with Crippen LogP contribution in [0.5, 0.6) is 0 Å². The fourth-order valence-electron chi connectivity index (χ4n) is 4.32. The number of aryl methyl sites for hydroxylation is 2. The first-order chi connectivity index (χ1) is 14.5. The molecule has 3 aromatic rings. The van der Waals surface area contributed by atoms with E-state index in [4.69, 9.17) is 0 Å². The van der Waals surface area contributed by atoms with Gasteiger partial charge in [-0.25, -0.2) is 0 Å². The summed E-state index contributed by atoms with van der Waals surface area (Å²) >= 11 is 0. The Kier molecular flexibility index (Phi) is 5.92. The fourth-order valence-corrected chi connectivity index (χ4v) is 4.32. The molecule has 8 nitrogen and oxygen atoms in total. The molecule has 3 aromatic heterocycles. The molecule has 0 radical (unpaired) electrons. The van der Waals surface area contributed by atoms with Crippen molar-refractivity contribution in [3.63, 3.8) is 0 Å². The van der Waals surface area contributed by atoms with Gasteiger partial charge in [0.1, 0.15) is 0 Å². The van der Waals surface area contributed by atoms with Gasteiger partial charge < -0.3 is 5.32 Å². The lowest BCUT2D eigenvalue weighted by atomic mass is 9.91. The molecule has 0 atom stereocenters. The molecular formula is C22H29N7O. The van der Waals surface area contributed by atoms with Crippen molar-refractivity contribution in [3.8, 4) is 11.3 Å². The van der Waals surface area contributed by atoms with Crippen molar-refractivity contribution in [2.24, 2.45) is 7.05 Å². The Morgan fingerprint density at radius 3 is 2.63 bits per heavy atom. The molecule has 158 valence electrons. The van der Waals surface area contributed by atoms with Crippen LogP contribution in [0, 0.1) is 13.8 Å². The van der Waals surface area contributed by atoms with E-state index in [2.05, 4.69) is 32.4 Å². The maximum Gasteiger partial charge on any atom is 0.220 e. The molecule has 3 heterocycles. The van der Waals surface area contributed by atoms with Crippen LogP contribution in [0.25, 0.3) is 11.3 Å². The standard InChI is InChI=1S/C22H29N7O/c1-15-20(16(2)28(3)27-15)8-9-22(30)26-18-4-6-19(7-5-18)29-14-17(12-25-29)21-13-23-10-11-24-21/h10-14,18-19H,4-9H2,1-3H3,(H,26,30). The van der Waals surface area contributed by atoms with Gasteiger partial charge in [0.05, 0.1) is 29.8 Å². The van der Waals surface area contributed by atoms with E-state index in [0.29, 0.717) is 12.5 Å². The lowest BCUT2D eigenvalue weighted by molar-refractivity contribution is -0.122. The molecular weight excluding hydrogens is 378 g/mol. The third-order valence-electron chi connectivity index (χ3n) is 6.16. The molecule has 0 bridgehead atoms. The van der Waals surface area contributed by atoms with E-state index in [1.165, 1.54) is 5.56 Å². The molecule has 1 saturated carbocycles. The lowest BCUT2D eigenvalue weighted by Crippen LogP contribution is -2.38. The molecule has 30 heavy (non-hydrogen) atoms. The highest BCUT2D eigenvalue weighted by molar-refractivity contribution is 5.76. The van der Waals surface area contributed by atoms with Crippen LogP contribution in [0.15, 0.2) is 31.0 Å². The summed E-state index contributed by atoms with van der Waals surface area (Å²) in [5.74, 6) is 0.130. The molecule has 1 aliphatic carbocycles. The smallest absolute Gasteiger partial charge is 0.220 e. The van der Waals surface area contributed by atoms with E-state index < -0.39 is 0 Å². The van der Waals surface area contributed by atoms with Crippen LogP contribution in [0.4, 0.5) is 0 Å². The monoisotopic (exact) mass is 407 g/mol. The zero-order valence-electron chi connectivity index (χ0n) is 17.9. The van der Waals surface area contributed by atoms with Gasteiger partial charge in [-0.05, 0) is 51.5 Å². The van der Waals surface area contributed by atoms with E-state index in [9.17, 15) is 4.79 Å². The first-order valence-corrected chi connectivity index (χ1v) is 10.6. The number of aromatic nitrogens is 6. The van der Waals surface area contributed by atoms with Crippen LogP contribution in [0.1, 0.15) is 55.1 Å². The summed E-state index contributed by atoms with van der Waals surface area (Å²) in [6.45, 7) is 4.06. The number of nitrogens with zero attached hydrogens (tertiary/aromatic N) is 6. The molecule has 1 N–H and O–H groups in total. The van der Waals surface area contributed by atoms with E-state index in [1.807, 2.05) is 35.7 Å². The van der Waals surface area contributed by atoms with E-state index >= 15 is 0 Å². The number of carbonyl (C=O) groups excluding carboxylic acids is 1. The van der Waals surface area contributed by atoms with Crippen LogP contribution in [-0.2, 0) is 18.3 Å². The molecule has 1 amide bonds. The summed E-state index contributed by atoms with van der Waals surface area (Å²) in [5, 5.41) is 12.2. The second kappa shape index (κ2) is 8.77. The molecule has 0 aromatic carbocycles. The third kappa shape index (κ3) is 4.42. The first-order valence-electron chi connectivity index (χ1n) is 10.6. The maximum atomic E-state index is 12.5. The topological polar surface area (TPSA) is 90.5 Å². The number of amides is 1. The largest absolute Gasteiger partial charge is 0.353 e. The lowest BCUT2D eigenvalue weighted by Gasteiger charge is -2.29. The average molecular weight is 408 g/mol. The number of nitrogens with one attached hydrogen (secondary N) is 1. The van der Waals surface area contributed by atoms with Crippen molar-refractivity contribution in [1.82, 2.24) is 34.8 Å². The van der Waals surface area contributed by atoms with Gasteiger partial charge in [0, 0.05) is 49.4 Å². The highest BCUT2D eigenvalue weighted by Gasteiger charge is 2.24. The Morgan fingerprint density at radius 1 is 1.17 bits per heavy atom. The normalized spacial score (nSPS) is 19.0. The Morgan fingerprint density at radius 2 is 1.97 bits per heavy atom. The summed E-state index contributed by atoms with van der Waals surface area (Å²) < 4.78 is 3.92. The van der Waals surface area contributed by atoms with Gasteiger partial charge in [-0.2, -0.15) is 10.2 Å². The molecule has 4 rings (SSSR count). The van der Waals surface area contributed by atoms with Gasteiger partial charge in [0.15, 0.2) is 0 Å². The van der Waals surface area contributed by atoms with Crippen molar-refractivity contribution in [2.45, 2.75) is 64.5 Å². The fraction of sp³-hybridized carbons (Fsp3) is 0.500. The predicted molar refractivity (Wildman–Crippen MR) is 114 cm³/mol. The SMILES string of the molecule is Cc1nn(C)c(C)c1CCC(=O)NC1CCC(n2cc(-c3cnccn3)cn2)CC1. The predicted octanol–water partition coefficient (Wildman–Crippen LogP) is 2.92. The van der Waals surface area contributed by atoms with Crippen LogP contribution in [-0.4, -0.2) is 41.5 Å². The van der Waals surface area contributed by atoms with E-state index in [1.54, 1.807) is 18.6 Å². The van der Waals surface area contributed by atoms with Crippen LogP contribution >= 0.6 is 0 Å². The van der Waals surface area contributed by atoms with Crippen molar-refractivity contribution >= 4 is 5.91 Å². The van der Waals surface area contributed by atoms with Crippen molar-refractivity contribution in [2.75, 3.05) is 0 Å². The van der Waals surface area contributed by atoms with Crippen molar-refractivity contribution in [1.29, 1.82) is 0 Å². The van der Waals surface area contributed by atoms with Gasteiger partial charge in [-0.1, -0.05) is 0 Å². The quantitative estimate of drug-likeness (QED) is 0.678. The minimum Gasteiger partial charge on any atom is -0.353 e. The minimum atomic E-state index is 0.130. The Bertz CT molecular complexity index is 1000. The average Bonchev–Trinajstić information content (AvgIpc) is 3.33. The molecule has 0 spiro atoms.